The van der Waals surface area contributed by atoms with Gasteiger partial charge < -0.3 is 10.1 Å². The number of nitrogens with zero attached hydrogens (tertiary/aromatic N) is 1. The van der Waals surface area contributed by atoms with Gasteiger partial charge in [-0.2, -0.15) is 18.4 Å². The van der Waals surface area contributed by atoms with Crippen LogP contribution in [-0.4, -0.2) is 17.6 Å². The molecule has 0 aromatic heterocycles. The molecule has 0 spiro atoms. The molecule has 0 radical (unpaired) electrons. The smallest absolute Gasteiger partial charge is 0.416 e. The van der Waals surface area contributed by atoms with E-state index in [4.69, 9.17) is 4.74 Å². The first-order valence-corrected chi connectivity index (χ1v) is 7.07. The Morgan fingerprint density at radius 3 is 2.39 bits per heavy atom. The van der Waals surface area contributed by atoms with Crippen LogP contribution < -0.4 is 10.1 Å². The molecule has 0 aliphatic carbocycles. The number of nitrogens with one attached hydrogen (secondary N) is 1. The van der Waals surface area contributed by atoms with Gasteiger partial charge in [0.15, 0.2) is 6.10 Å². The fourth-order valence-electron chi connectivity index (χ4n) is 1.66. The van der Waals surface area contributed by atoms with Crippen molar-refractivity contribution in [1.29, 1.82) is 5.26 Å². The number of alkyl halides is 3. The van der Waals surface area contributed by atoms with Crippen molar-refractivity contribution >= 4 is 5.91 Å². The second-order valence-corrected chi connectivity index (χ2v) is 5.74. The van der Waals surface area contributed by atoms with Crippen LogP contribution >= 0.6 is 0 Å². The van der Waals surface area contributed by atoms with Gasteiger partial charge in [0.2, 0.25) is 0 Å². The highest BCUT2D eigenvalue weighted by atomic mass is 19.4. The molecule has 0 heterocycles. The average molecular weight is 328 g/mol. The number of benzene rings is 1. The topological polar surface area (TPSA) is 62.1 Å². The first-order chi connectivity index (χ1) is 10.5. The van der Waals surface area contributed by atoms with Gasteiger partial charge in [-0.05, 0) is 38.0 Å². The number of carbonyl (C=O) groups is 1. The van der Waals surface area contributed by atoms with E-state index in [2.05, 4.69) is 5.32 Å². The molecule has 1 rings (SSSR count). The van der Waals surface area contributed by atoms with E-state index in [-0.39, 0.29) is 11.7 Å². The molecule has 23 heavy (non-hydrogen) atoms. The molecule has 1 N–H and O–H groups in total. The molecular formula is C16H19F3N2O2. The van der Waals surface area contributed by atoms with Crippen molar-refractivity contribution in [2.75, 3.05) is 0 Å². The molecule has 4 nitrogen and oxygen atoms in total. The lowest BCUT2D eigenvalue weighted by Crippen LogP contribution is -2.52. The summed E-state index contributed by atoms with van der Waals surface area (Å²) in [6.07, 6.45) is -5.52. The summed E-state index contributed by atoms with van der Waals surface area (Å²) in [5, 5.41) is 11.7. The van der Waals surface area contributed by atoms with Crippen molar-refractivity contribution in [3.05, 3.63) is 29.8 Å². The SMILES string of the molecule is CC(C)[C@](C)(C#N)NC(=O)[C@@H](C)Oc1cccc(C(F)(F)F)c1. The minimum atomic E-state index is -4.48. The summed E-state index contributed by atoms with van der Waals surface area (Å²) in [5.74, 6) is -0.775. The maximum absolute atomic E-state index is 12.7. The van der Waals surface area contributed by atoms with Gasteiger partial charge in [0.1, 0.15) is 11.3 Å². The Balaban J connectivity index is 2.82. The Morgan fingerprint density at radius 2 is 1.91 bits per heavy atom. The fourth-order valence-corrected chi connectivity index (χ4v) is 1.66. The summed E-state index contributed by atoms with van der Waals surface area (Å²) in [5.41, 5.74) is -1.94. The van der Waals surface area contributed by atoms with E-state index in [1.54, 1.807) is 20.8 Å². The maximum Gasteiger partial charge on any atom is 0.416 e. The summed E-state index contributed by atoms with van der Waals surface area (Å²) in [6, 6.07) is 6.31. The van der Waals surface area contributed by atoms with Gasteiger partial charge >= 0.3 is 6.18 Å². The Hall–Kier alpha value is -2.23. The number of ether oxygens (including phenoxy) is 1. The third-order valence-electron chi connectivity index (χ3n) is 3.61. The van der Waals surface area contributed by atoms with Gasteiger partial charge in [0.25, 0.3) is 5.91 Å². The summed E-state index contributed by atoms with van der Waals surface area (Å²) in [7, 11) is 0. The molecule has 1 amide bonds. The van der Waals surface area contributed by atoms with E-state index in [0.29, 0.717) is 0 Å². The summed E-state index contributed by atoms with van der Waals surface area (Å²) >= 11 is 0. The predicted molar refractivity (Wildman–Crippen MR) is 78.5 cm³/mol. The molecule has 0 fully saturated rings. The van der Waals surface area contributed by atoms with Crippen molar-refractivity contribution < 1.29 is 22.7 Å². The van der Waals surface area contributed by atoms with Crippen molar-refractivity contribution in [2.45, 2.75) is 45.5 Å². The molecular weight excluding hydrogens is 309 g/mol. The van der Waals surface area contributed by atoms with Crippen LogP contribution in [0.1, 0.15) is 33.3 Å². The normalized spacial score (nSPS) is 15.4. The Labute approximate surface area is 133 Å². The molecule has 0 aliphatic rings. The van der Waals surface area contributed by atoms with Crippen LogP contribution in [0.5, 0.6) is 5.75 Å². The maximum atomic E-state index is 12.7. The quantitative estimate of drug-likeness (QED) is 0.899. The van der Waals surface area contributed by atoms with Crippen molar-refractivity contribution in [1.82, 2.24) is 5.32 Å². The largest absolute Gasteiger partial charge is 0.481 e. The standard InChI is InChI=1S/C16H19F3N2O2/c1-10(2)15(4,9-20)21-14(22)11(3)23-13-7-5-6-12(8-13)16(17,18)19/h5-8,10-11H,1-4H3,(H,21,22)/t11-,15+/m1/s1. The van der Waals surface area contributed by atoms with E-state index < -0.39 is 29.3 Å². The molecule has 0 aliphatic heterocycles. The number of hydrogen-bond acceptors (Lipinski definition) is 3. The highest BCUT2D eigenvalue weighted by Crippen LogP contribution is 2.31. The summed E-state index contributed by atoms with van der Waals surface area (Å²) in [4.78, 5) is 12.1. The summed E-state index contributed by atoms with van der Waals surface area (Å²) in [6.45, 7) is 6.55. The van der Waals surface area contributed by atoms with Crippen LogP contribution in [-0.2, 0) is 11.0 Å². The van der Waals surface area contributed by atoms with Crippen LogP contribution in [0.4, 0.5) is 13.2 Å². The summed E-state index contributed by atoms with van der Waals surface area (Å²) < 4.78 is 43.2. The van der Waals surface area contributed by atoms with Crippen LogP contribution in [0.25, 0.3) is 0 Å². The number of halogens is 3. The van der Waals surface area contributed by atoms with Gasteiger partial charge in [-0.15, -0.1) is 0 Å². The van der Waals surface area contributed by atoms with Crippen LogP contribution in [0.2, 0.25) is 0 Å². The number of carbonyl (C=O) groups excluding carboxylic acids is 1. The lowest BCUT2D eigenvalue weighted by molar-refractivity contribution is -0.137. The van der Waals surface area contributed by atoms with Crippen LogP contribution in [0.3, 0.4) is 0 Å². The zero-order valence-electron chi connectivity index (χ0n) is 13.4. The fraction of sp³-hybridized carbons (Fsp3) is 0.500. The van der Waals surface area contributed by atoms with E-state index in [1.807, 2.05) is 6.07 Å². The molecule has 0 bridgehead atoms. The zero-order valence-corrected chi connectivity index (χ0v) is 13.4. The van der Waals surface area contributed by atoms with Crippen LogP contribution in [0, 0.1) is 17.2 Å². The first-order valence-electron chi connectivity index (χ1n) is 7.07. The Bertz CT molecular complexity index is 608. The number of rotatable bonds is 5. The first kappa shape index (κ1) is 18.8. The molecule has 0 saturated heterocycles. The van der Waals surface area contributed by atoms with Crippen molar-refractivity contribution in [3.63, 3.8) is 0 Å². The van der Waals surface area contributed by atoms with Gasteiger partial charge in [0.05, 0.1) is 11.6 Å². The van der Waals surface area contributed by atoms with Gasteiger partial charge in [-0.1, -0.05) is 19.9 Å². The lowest BCUT2D eigenvalue weighted by Gasteiger charge is -2.28. The lowest BCUT2D eigenvalue weighted by atomic mass is 9.90. The molecule has 0 unspecified atom stereocenters. The van der Waals surface area contributed by atoms with Crippen molar-refractivity contribution in [2.24, 2.45) is 5.92 Å². The number of hydrogen-bond donors (Lipinski definition) is 1. The number of amides is 1. The van der Waals surface area contributed by atoms with Gasteiger partial charge in [-0.3, -0.25) is 4.79 Å². The minimum Gasteiger partial charge on any atom is -0.481 e. The second kappa shape index (κ2) is 6.90. The van der Waals surface area contributed by atoms with Gasteiger partial charge in [-0.25, -0.2) is 0 Å². The van der Waals surface area contributed by atoms with E-state index in [0.717, 1.165) is 12.1 Å². The monoisotopic (exact) mass is 328 g/mol. The second-order valence-electron chi connectivity index (χ2n) is 5.74. The van der Waals surface area contributed by atoms with Crippen LogP contribution in [0.15, 0.2) is 24.3 Å². The molecule has 2 atom stereocenters. The molecule has 7 heteroatoms. The van der Waals surface area contributed by atoms with E-state index >= 15 is 0 Å². The third-order valence-corrected chi connectivity index (χ3v) is 3.61. The van der Waals surface area contributed by atoms with Crippen molar-refractivity contribution in [3.8, 4) is 11.8 Å². The number of nitriles is 1. The molecule has 126 valence electrons. The van der Waals surface area contributed by atoms with E-state index in [1.165, 1.54) is 19.1 Å². The Kier molecular flexibility index (Phi) is 5.65. The molecule has 1 aromatic rings. The molecule has 0 saturated carbocycles. The molecule has 1 aromatic carbocycles. The van der Waals surface area contributed by atoms with E-state index in [9.17, 15) is 23.2 Å². The highest BCUT2D eigenvalue weighted by molar-refractivity contribution is 5.81. The average Bonchev–Trinajstić information content (AvgIpc) is 2.46. The predicted octanol–water partition coefficient (Wildman–Crippen LogP) is 3.53. The zero-order chi connectivity index (χ0) is 17.8. The van der Waals surface area contributed by atoms with Gasteiger partial charge in [0, 0.05) is 0 Å². The third kappa shape index (κ3) is 4.88. The minimum absolute atomic E-state index is 0.0642. The Morgan fingerprint density at radius 1 is 1.30 bits per heavy atom. The highest BCUT2D eigenvalue weighted by Gasteiger charge is 2.33.